The Morgan fingerprint density at radius 3 is 2.29 bits per heavy atom. The predicted octanol–water partition coefficient (Wildman–Crippen LogP) is 3.80. The van der Waals surface area contributed by atoms with E-state index in [1.54, 1.807) is 23.9 Å². The lowest BCUT2D eigenvalue weighted by Gasteiger charge is -2.08. The molecular formula is C16H15NO3S. The van der Waals surface area contributed by atoms with Crippen molar-refractivity contribution in [2.45, 2.75) is 23.6 Å². The van der Waals surface area contributed by atoms with E-state index in [1.807, 2.05) is 37.3 Å². The molecule has 2 N–H and O–H groups in total. The standard InChI is InChI=1S/C16H15NO3S/c1-10-9-12(16(19)20)3-8-15(10)21-14-6-4-13(5-7-14)17-11(2)18/h3-9H,1-2H3,(H,17,18)(H,19,20). The van der Waals surface area contributed by atoms with Gasteiger partial charge < -0.3 is 10.4 Å². The number of aryl methyl sites for hydroxylation is 1. The molecule has 0 aliphatic rings. The number of hydrogen-bond donors (Lipinski definition) is 2. The molecule has 2 aromatic rings. The summed E-state index contributed by atoms with van der Waals surface area (Å²) in [6.45, 7) is 3.36. The van der Waals surface area contributed by atoms with E-state index in [0.717, 1.165) is 21.0 Å². The van der Waals surface area contributed by atoms with Gasteiger partial charge in [-0.05, 0) is 55.0 Å². The number of amides is 1. The summed E-state index contributed by atoms with van der Waals surface area (Å²) in [6.07, 6.45) is 0. The monoisotopic (exact) mass is 301 g/mol. The quantitative estimate of drug-likeness (QED) is 0.901. The van der Waals surface area contributed by atoms with Crippen LogP contribution in [-0.4, -0.2) is 17.0 Å². The van der Waals surface area contributed by atoms with Crippen LogP contribution in [0.15, 0.2) is 52.3 Å². The summed E-state index contributed by atoms with van der Waals surface area (Å²) in [5, 5.41) is 11.7. The zero-order valence-electron chi connectivity index (χ0n) is 11.7. The molecule has 21 heavy (non-hydrogen) atoms. The van der Waals surface area contributed by atoms with Crippen molar-refractivity contribution in [2.24, 2.45) is 0 Å². The van der Waals surface area contributed by atoms with Crippen molar-refractivity contribution in [1.82, 2.24) is 0 Å². The fourth-order valence-electron chi connectivity index (χ4n) is 1.83. The van der Waals surface area contributed by atoms with E-state index in [4.69, 9.17) is 5.11 Å². The number of benzene rings is 2. The molecule has 0 saturated carbocycles. The Kier molecular flexibility index (Phi) is 4.65. The summed E-state index contributed by atoms with van der Waals surface area (Å²) in [4.78, 5) is 23.9. The molecule has 0 fully saturated rings. The third kappa shape index (κ3) is 4.10. The number of carbonyl (C=O) groups is 2. The van der Waals surface area contributed by atoms with Crippen LogP contribution in [0.3, 0.4) is 0 Å². The van der Waals surface area contributed by atoms with Crippen LogP contribution < -0.4 is 5.32 Å². The van der Waals surface area contributed by atoms with Gasteiger partial charge in [0.2, 0.25) is 5.91 Å². The smallest absolute Gasteiger partial charge is 0.335 e. The average Bonchev–Trinajstić information content (AvgIpc) is 2.42. The number of rotatable bonds is 4. The highest BCUT2D eigenvalue weighted by Crippen LogP contribution is 2.31. The molecule has 0 bridgehead atoms. The van der Waals surface area contributed by atoms with E-state index in [0.29, 0.717) is 0 Å². The molecule has 0 aromatic heterocycles. The van der Waals surface area contributed by atoms with Crippen molar-refractivity contribution >= 4 is 29.3 Å². The maximum Gasteiger partial charge on any atom is 0.335 e. The Labute approximate surface area is 127 Å². The zero-order chi connectivity index (χ0) is 15.4. The number of aromatic carboxylic acids is 1. The first-order valence-corrected chi connectivity index (χ1v) is 7.17. The minimum absolute atomic E-state index is 0.101. The highest BCUT2D eigenvalue weighted by Gasteiger charge is 2.07. The molecule has 0 heterocycles. The van der Waals surface area contributed by atoms with E-state index >= 15 is 0 Å². The van der Waals surface area contributed by atoms with Gasteiger partial charge >= 0.3 is 5.97 Å². The molecule has 2 aromatic carbocycles. The van der Waals surface area contributed by atoms with Crippen LogP contribution in [0.1, 0.15) is 22.8 Å². The second kappa shape index (κ2) is 6.45. The molecule has 1 amide bonds. The molecule has 2 rings (SSSR count). The van der Waals surface area contributed by atoms with Crippen LogP contribution in [0.2, 0.25) is 0 Å². The number of carboxylic acids is 1. The molecular weight excluding hydrogens is 286 g/mol. The molecule has 0 aliphatic carbocycles. The summed E-state index contributed by atoms with van der Waals surface area (Å²) in [7, 11) is 0. The predicted molar refractivity (Wildman–Crippen MR) is 83.0 cm³/mol. The normalized spacial score (nSPS) is 10.2. The van der Waals surface area contributed by atoms with Gasteiger partial charge in [0, 0.05) is 22.4 Å². The first-order chi connectivity index (χ1) is 9.95. The van der Waals surface area contributed by atoms with Crippen LogP contribution in [0.4, 0.5) is 5.69 Å². The van der Waals surface area contributed by atoms with Crippen LogP contribution in [0.25, 0.3) is 0 Å². The molecule has 0 aliphatic heterocycles. The number of hydrogen-bond acceptors (Lipinski definition) is 3. The van der Waals surface area contributed by atoms with Gasteiger partial charge in [-0.1, -0.05) is 11.8 Å². The van der Waals surface area contributed by atoms with Crippen LogP contribution in [0.5, 0.6) is 0 Å². The lowest BCUT2D eigenvalue weighted by molar-refractivity contribution is -0.114. The molecule has 0 radical (unpaired) electrons. The van der Waals surface area contributed by atoms with Crippen molar-refractivity contribution in [3.05, 3.63) is 53.6 Å². The van der Waals surface area contributed by atoms with Gasteiger partial charge in [0.1, 0.15) is 0 Å². The Bertz CT molecular complexity index is 680. The van der Waals surface area contributed by atoms with Gasteiger partial charge in [-0.3, -0.25) is 4.79 Å². The van der Waals surface area contributed by atoms with Gasteiger partial charge in [0.15, 0.2) is 0 Å². The molecule has 5 heteroatoms. The fourth-order valence-corrected chi connectivity index (χ4v) is 2.72. The van der Waals surface area contributed by atoms with Gasteiger partial charge in [-0.25, -0.2) is 4.79 Å². The SMILES string of the molecule is CC(=O)Nc1ccc(Sc2ccc(C(=O)O)cc2C)cc1. The molecule has 0 saturated heterocycles. The van der Waals surface area contributed by atoms with Crippen molar-refractivity contribution < 1.29 is 14.7 Å². The van der Waals surface area contributed by atoms with Gasteiger partial charge in [-0.2, -0.15) is 0 Å². The maximum atomic E-state index is 11.0. The van der Waals surface area contributed by atoms with Crippen molar-refractivity contribution in [3.63, 3.8) is 0 Å². The zero-order valence-corrected chi connectivity index (χ0v) is 12.5. The van der Waals surface area contributed by atoms with E-state index in [9.17, 15) is 9.59 Å². The van der Waals surface area contributed by atoms with Gasteiger partial charge in [-0.15, -0.1) is 0 Å². The summed E-state index contributed by atoms with van der Waals surface area (Å²) in [6, 6.07) is 12.6. The number of carboxylic acid groups (broad SMARTS) is 1. The van der Waals surface area contributed by atoms with Crippen LogP contribution in [-0.2, 0) is 4.79 Å². The maximum absolute atomic E-state index is 11.0. The van der Waals surface area contributed by atoms with E-state index in [2.05, 4.69) is 5.32 Å². The average molecular weight is 301 g/mol. The molecule has 108 valence electrons. The second-order valence-corrected chi connectivity index (χ2v) is 5.71. The fraction of sp³-hybridized carbons (Fsp3) is 0.125. The van der Waals surface area contributed by atoms with Gasteiger partial charge in [0.25, 0.3) is 0 Å². The highest BCUT2D eigenvalue weighted by molar-refractivity contribution is 7.99. The summed E-state index contributed by atoms with van der Waals surface area (Å²) in [5.41, 5.74) is 1.97. The first kappa shape index (κ1) is 15.1. The van der Waals surface area contributed by atoms with Crippen molar-refractivity contribution in [3.8, 4) is 0 Å². The molecule has 0 unspecified atom stereocenters. The topological polar surface area (TPSA) is 66.4 Å². The molecule has 0 spiro atoms. The second-order valence-electron chi connectivity index (χ2n) is 4.59. The minimum Gasteiger partial charge on any atom is -0.478 e. The lowest BCUT2D eigenvalue weighted by Crippen LogP contribution is -2.05. The molecule has 0 atom stereocenters. The highest BCUT2D eigenvalue weighted by atomic mass is 32.2. The third-order valence-electron chi connectivity index (χ3n) is 2.82. The third-order valence-corrected chi connectivity index (χ3v) is 4.01. The minimum atomic E-state index is -0.922. The van der Waals surface area contributed by atoms with Crippen molar-refractivity contribution in [2.75, 3.05) is 5.32 Å². The Morgan fingerprint density at radius 2 is 1.76 bits per heavy atom. The van der Waals surface area contributed by atoms with Crippen LogP contribution >= 0.6 is 11.8 Å². The summed E-state index contributed by atoms with van der Waals surface area (Å²) in [5.74, 6) is -1.02. The largest absolute Gasteiger partial charge is 0.478 e. The summed E-state index contributed by atoms with van der Waals surface area (Å²) >= 11 is 1.56. The summed E-state index contributed by atoms with van der Waals surface area (Å²) < 4.78 is 0. The number of anilines is 1. The lowest BCUT2D eigenvalue weighted by atomic mass is 10.1. The Morgan fingerprint density at radius 1 is 1.10 bits per heavy atom. The Balaban J connectivity index is 2.14. The van der Waals surface area contributed by atoms with Crippen molar-refractivity contribution in [1.29, 1.82) is 0 Å². The van der Waals surface area contributed by atoms with E-state index < -0.39 is 5.97 Å². The van der Waals surface area contributed by atoms with E-state index in [-0.39, 0.29) is 11.5 Å². The van der Waals surface area contributed by atoms with Crippen LogP contribution in [0, 0.1) is 6.92 Å². The Hall–Kier alpha value is -2.27. The van der Waals surface area contributed by atoms with Gasteiger partial charge in [0.05, 0.1) is 5.56 Å². The number of carbonyl (C=O) groups excluding carboxylic acids is 1. The molecule has 4 nitrogen and oxygen atoms in total. The number of nitrogens with one attached hydrogen (secondary N) is 1. The van der Waals surface area contributed by atoms with E-state index in [1.165, 1.54) is 6.92 Å². The first-order valence-electron chi connectivity index (χ1n) is 6.35.